The first-order valence-corrected chi connectivity index (χ1v) is 17.6. The first-order valence-electron chi connectivity index (χ1n) is 17.6. The highest BCUT2D eigenvalue weighted by atomic mass is 19.1. The molecule has 2 aromatic rings. The summed E-state index contributed by atoms with van der Waals surface area (Å²) in [4.78, 5) is 20.9. The van der Waals surface area contributed by atoms with E-state index in [1.165, 1.54) is 19.2 Å². The lowest BCUT2D eigenvalue weighted by atomic mass is 9.56. The Hall–Kier alpha value is -3.13. The molecule has 7 nitrogen and oxygen atoms in total. The van der Waals surface area contributed by atoms with E-state index in [-0.39, 0.29) is 54.6 Å². The number of likely N-dealkylation sites (tertiary alicyclic amines) is 2. The van der Waals surface area contributed by atoms with Crippen molar-refractivity contribution in [1.82, 2.24) is 14.7 Å². The zero-order chi connectivity index (χ0) is 34.1. The van der Waals surface area contributed by atoms with E-state index in [0.717, 1.165) is 82.4 Å². The van der Waals surface area contributed by atoms with Gasteiger partial charge in [0, 0.05) is 31.5 Å². The summed E-state index contributed by atoms with van der Waals surface area (Å²) in [5.74, 6) is -0.252. The van der Waals surface area contributed by atoms with Gasteiger partial charge in [-0.1, -0.05) is 18.6 Å². The standard InChI is InChI=1S/C38H50F3N5O2/c1-43(2)22-29-18-35(34(40)17-28(29)21-42)46-24-37(41,25-46)23-45-15-11-30(12-16-45)38(26-44-13-6-14-44,31-8-5-9-32(39)20-31)33-10-4-7-27(33)19-36(47)48-3/h5,8-9,17-18,20,27,30,33H,4,6-7,10-16,19,22-26H2,1-3H3/t27-,33+,38+/m1/s1. The van der Waals surface area contributed by atoms with Crippen LogP contribution in [0.15, 0.2) is 36.4 Å². The van der Waals surface area contributed by atoms with Gasteiger partial charge in [0.05, 0.1) is 37.5 Å². The Balaban J connectivity index is 1.18. The van der Waals surface area contributed by atoms with Gasteiger partial charge in [-0.2, -0.15) is 5.26 Å². The number of rotatable bonds is 12. The Kier molecular flexibility index (Phi) is 10.4. The number of hydrogen-bond donors (Lipinski definition) is 0. The molecule has 4 aliphatic rings. The molecular formula is C38H50F3N5O2. The Morgan fingerprint density at radius 3 is 2.42 bits per heavy atom. The molecule has 260 valence electrons. The molecule has 0 radical (unpaired) electrons. The van der Waals surface area contributed by atoms with Crippen LogP contribution in [0.5, 0.6) is 0 Å². The van der Waals surface area contributed by atoms with Crippen molar-refractivity contribution < 1.29 is 22.7 Å². The smallest absolute Gasteiger partial charge is 0.305 e. The van der Waals surface area contributed by atoms with Crippen LogP contribution in [-0.4, -0.2) is 99.9 Å². The maximum Gasteiger partial charge on any atom is 0.305 e. The van der Waals surface area contributed by atoms with Crippen LogP contribution in [0.1, 0.15) is 61.6 Å². The van der Waals surface area contributed by atoms with Crippen LogP contribution < -0.4 is 4.90 Å². The molecule has 0 bridgehead atoms. The minimum absolute atomic E-state index is 0.108. The van der Waals surface area contributed by atoms with Crippen LogP contribution in [0.3, 0.4) is 0 Å². The molecular weight excluding hydrogens is 615 g/mol. The summed E-state index contributed by atoms with van der Waals surface area (Å²) >= 11 is 0. The Bertz CT molecular complexity index is 1500. The summed E-state index contributed by atoms with van der Waals surface area (Å²) in [6.07, 6.45) is 6.28. The molecule has 0 amide bonds. The molecule has 10 heteroatoms. The van der Waals surface area contributed by atoms with Crippen molar-refractivity contribution in [2.75, 3.05) is 78.5 Å². The summed E-state index contributed by atoms with van der Waals surface area (Å²) in [5, 5.41) is 9.49. The van der Waals surface area contributed by atoms with Crippen molar-refractivity contribution in [1.29, 1.82) is 5.26 Å². The maximum atomic E-state index is 16.2. The molecule has 2 aromatic carbocycles. The van der Waals surface area contributed by atoms with Gasteiger partial charge >= 0.3 is 5.97 Å². The van der Waals surface area contributed by atoms with Crippen molar-refractivity contribution in [3.05, 3.63) is 64.7 Å². The molecule has 3 heterocycles. The number of nitriles is 1. The number of anilines is 1. The monoisotopic (exact) mass is 665 g/mol. The number of piperidine rings is 1. The largest absolute Gasteiger partial charge is 0.469 e. The number of esters is 1. The number of methoxy groups -OCH3 is 1. The van der Waals surface area contributed by atoms with E-state index in [1.807, 2.05) is 25.1 Å². The molecule has 3 saturated heterocycles. The highest BCUT2D eigenvalue weighted by Crippen LogP contribution is 2.54. The fraction of sp³-hybridized carbons (Fsp3) is 0.632. The van der Waals surface area contributed by atoms with Gasteiger partial charge in [-0.05, 0) is 126 Å². The minimum Gasteiger partial charge on any atom is -0.469 e. The molecule has 48 heavy (non-hydrogen) atoms. The van der Waals surface area contributed by atoms with Crippen LogP contribution >= 0.6 is 0 Å². The first kappa shape index (κ1) is 34.7. The van der Waals surface area contributed by atoms with Crippen LogP contribution in [0.4, 0.5) is 18.9 Å². The van der Waals surface area contributed by atoms with Crippen LogP contribution in [0, 0.1) is 40.7 Å². The van der Waals surface area contributed by atoms with Crippen molar-refractivity contribution >= 4 is 11.7 Å². The quantitative estimate of drug-likeness (QED) is 0.267. The summed E-state index contributed by atoms with van der Waals surface area (Å²) in [7, 11) is 5.24. The Morgan fingerprint density at radius 2 is 1.79 bits per heavy atom. The second-order valence-corrected chi connectivity index (χ2v) is 15.1. The third kappa shape index (κ3) is 7.10. The summed E-state index contributed by atoms with van der Waals surface area (Å²) in [6, 6.07) is 12.2. The zero-order valence-corrected chi connectivity index (χ0v) is 28.7. The number of carbonyl (C=O) groups is 1. The first-order chi connectivity index (χ1) is 23.0. The molecule has 0 N–H and O–H groups in total. The van der Waals surface area contributed by atoms with E-state index in [9.17, 15) is 14.4 Å². The van der Waals surface area contributed by atoms with Gasteiger partial charge in [0.15, 0.2) is 5.67 Å². The zero-order valence-electron chi connectivity index (χ0n) is 28.7. The van der Waals surface area contributed by atoms with E-state index in [4.69, 9.17) is 4.74 Å². The lowest BCUT2D eigenvalue weighted by molar-refractivity contribution is -0.142. The van der Waals surface area contributed by atoms with Crippen molar-refractivity contribution in [2.45, 2.75) is 62.6 Å². The van der Waals surface area contributed by atoms with E-state index in [2.05, 4.69) is 21.9 Å². The van der Waals surface area contributed by atoms with E-state index in [1.54, 1.807) is 17.0 Å². The maximum absolute atomic E-state index is 16.2. The number of carbonyl (C=O) groups excluding carboxylic acids is 1. The third-order valence-electron chi connectivity index (χ3n) is 11.7. The van der Waals surface area contributed by atoms with Gasteiger partial charge in [-0.3, -0.25) is 9.69 Å². The van der Waals surface area contributed by atoms with E-state index in [0.29, 0.717) is 24.2 Å². The number of alkyl halides is 1. The number of benzene rings is 2. The SMILES string of the molecule is COC(=O)C[C@H]1CCC[C@@H]1[C@](CN1CCC1)(c1cccc(F)c1)C1CCN(CC2(F)CN(c3cc(CN(C)C)c(C#N)cc3F)C2)CC1. The molecule has 4 fully saturated rings. The van der Waals surface area contributed by atoms with Crippen LogP contribution in [-0.2, 0) is 21.5 Å². The molecule has 0 unspecified atom stereocenters. The summed E-state index contributed by atoms with van der Waals surface area (Å²) < 4.78 is 51.3. The number of nitrogens with zero attached hydrogens (tertiary/aromatic N) is 5. The van der Waals surface area contributed by atoms with Crippen molar-refractivity contribution in [3.8, 4) is 6.07 Å². The minimum atomic E-state index is -1.46. The molecule has 3 atom stereocenters. The van der Waals surface area contributed by atoms with Crippen LogP contribution in [0.2, 0.25) is 0 Å². The number of halogens is 3. The van der Waals surface area contributed by atoms with Crippen molar-refractivity contribution in [2.24, 2.45) is 17.8 Å². The average Bonchev–Trinajstić information content (AvgIpc) is 3.48. The predicted molar refractivity (Wildman–Crippen MR) is 180 cm³/mol. The molecule has 3 aliphatic heterocycles. The van der Waals surface area contributed by atoms with Gasteiger partial charge in [-0.25, -0.2) is 13.2 Å². The molecule has 0 spiro atoms. The van der Waals surface area contributed by atoms with E-state index >= 15 is 8.78 Å². The lowest BCUT2D eigenvalue weighted by Crippen LogP contribution is -2.65. The molecule has 6 rings (SSSR count). The topological polar surface area (TPSA) is 63.1 Å². The van der Waals surface area contributed by atoms with Gasteiger partial charge in [0.1, 0.15) is 11.6 Å². The average molecular weight is 666 g/mol. The predicted octanol–water partition coefficient (Wildman–Crippen LogP) is 5.76. The fourth-order valence-electron chi connectivity index (χ4n) is 9.37. The summed E-state index contributed by atoms with van der Waals surface area (Å²) in [6.45, 7) is 5.37. The van der Waals surface area contributed by atoms with Gasteiger partial charge in [0.25, 0.3) is 0 Å². The molecule has 1 saturated carbocycles. The van der Waals surface area contributed by atoms with Gasteiger partial charge in [0.2, 0.25) is 0 Å². The van der Waals surface area contributed by atoms with Gasteiger partial charge in [-0.15, -0.1) is 0 Å². The molecule has 1 aliphatic carbocycles. The number of hydrogen-bond acceptors (Lipinski definition) is 7. The van der Waals surface area contributed by atoms with Gasteiger partial charge < -0.3 is 19.4 Å². The Morgan fingerprint density at radius 1 is 1.04 bits per heavy atom. The normalized spacial score (nSPS) is 24.5. The van der Waals surface area contributed by atoms with E-state index < -0.39 is 11.5 Å². The van der Waals surface area contributed by atoms with Crippen LogP contribution in [0.25, 0.3) is 0 Å². The van der Waals surface area contributed by atoms with Crippen molar-refractivity contribution in [3.63, 3.8) is 0 Å². The number of ether oxygens (including phenoxy) is 1. The second kappa shape index (κ2) is 14.4. The Labute approximate surface area is 283 Å². The fourth-order valence-corrected chi connectivity index (χ4v) is 9.37. The molecule has 0 aromatic heterocycles. The lowest BCUT2D eigenvalue weighted by Gasteiger charge is -2.54. The summed E-state index contributed by atoms with van der Waals surface area (Å²) in [5.41, 5.74) is 0.641. The second-order valence-electron chi connectivity index (χ2n) is 15.1. The highest BCUT2D eigenvalue weighted by Gasteiger charge is 2.53. The highest BCUT2D eigenvalue weighted by molar-refractivity contribution is 5.69. The third-order valence-corrected chi connectivity index (χ3v) is 11.7.